The van der Waals surface area contributed by atoms with E-state index in [1.54, 1.807) is 0 Å². The Bertz CT molecular complexity index is 482. The number of aromatic hydroxyl groups is 2. The van der Waals surface area contributed by atoms with Gasteiger partial charge < -0.3 is 19.8 Å². The summed E-state index contributed by atoms with van der Waals surface area (Å²) in [6.07, 6.45) is 0.203. The Morgan fingerprint density at radius 2 is 2.16 bits per heavy atom. The number of ether oxygens (including phenoxy) is 1. The third-order valence-electron chi connectivity index (χ3n) is 2.56. The molecule has 0 aromatic heterocycles. The molecule has 1 amide bonds. The molecule has 0 radical (unpaired) electrons. The van der Waals surface area contributed by atoms with Crippen LogP contribution in [0.25, 0.3) is 0 Å². The zero-order valence-corrected chi connectivity index (χ0v) is 10.7. The summed E-state index contributed by atoms with van der Waals surface area (Å²) in [6, 6.07) is 5.74. The molecule has 0 fully saturated rings. The van der Waals surface area contributed by atoms with Crippen molar-refractivity contribution in [3.8, 4) is 17.6 Å². The Labute approximate surface area is 111 Å². The number of methoxy groups -OCH3 is 1. The first kappa shape index (κ1) is 14.8. The Kier molecular flexibility index (Phi) is 5.64. The van der Waals surface area contributed by atoms with E-state index in [2.05, 4.69) is 0 Å². The lowest BCUT2D eigenvalue weighted by Gasteiger charge is -2.21. The van der Waals surface area contributed by atoms with Crippen molar-refractivity contribution in [3.05, 3.63) is 23.8 Å². The number of benzene rings is 1. The highest BCUT2D eigenvalue weighted by Crippen LogP contribution is 2.23. The Morgan fingerprint density at radius 3 is 2.74 bits per heavy atom. The van der Waals surface area contributed by atoms with Crippen LogP contribution in [0.15, 0.2) is 18.2 Å². The largest absolute Gasteiger partial charge is 0.508 e. The lowest BCUT2D eigenvalue weighted by atomic mass is 10.1. The molecule has 0 heterocycles. The van der Waals surface area contributed by atoms with Gasteiger partial charge in [0, 0.05) is 26.3 Å². The minimum atomic E-state index is -0.398. The highest BCUT2D eigenvalue weighted by Gasteiger charge is 2.18. The van der Waals surface area contributed by atoms with Crippen LogP contribution < -0.4 is 0 Å². The predicted molar refractivity (Wildman–Crippen MR) is 67.8 cm³/mol. The smallest absolute Gasteiger partial charge is 0.257 e. The quantitative estimate of drug-likeness (QED) is 0.802. The summed E-state index contributed by atoms with van der Waals surface area (Å²) < 4.78 is 4.91. The monoisotopic (exact) mass is 264 g/mol. The number of nitriles is 1. The van der Waals surface area contributed by atoms with Crippen molar-refractivity contribution >= 4 is 5.91 Å². The molecular weight excluding hydrogens is 248 g/mol. The number of phenols is 2. The fraction of sp³-hybridized carbons (Fsp3) is 0.385. The van der Waals surface area contributed by atoms with Gasteiger partial charge in [-0.3, -0.25) is 4.79 Å². The van der Waals surface area contributed by atoms with Gasteiger partial charge in [-0.05, 0) is 12.1 Å². The average Bonchev–Trinajstić information content (AvgIpc) is 2.38. The van der Waals surface area contributed by atoms with Crippen LogP contribution in [0.4, 0.5) is 0 Å². The number of amides is 1. The molecule has 0 saturated carbocycles. The minimum absolute atomic E-state index is 0.0897. The summed E-state index contributed by atoms with van der Waals surface area (Å²) in [7, 11) is 1.52. The topological polar surface area (TPSA) is 93.8 Å². The standard InChI is InChI=1S/C13H16N2O4/c1-19-8-7-15(6-2-5-14)13(18)11-4-3-10(16)9-12(11)17/h3-4,9,16-17H,2,6-8H2,1H3. The van der Waals surface area contributed by atoms with Gasteiger partial charge in [0.05, 0.1) is 24.7 Å². The fourth-order valence-corrected chi connectivity index (χ4v) is 1.57. The molecule has 0 unspecified atom stereocenters. The van der Waals surface area contributed by atoms with Gasteiger partial charge in [-0.25, -0.2) is 0 Å². The second kappa shape index (κ2) is 7.24. The number of rotatable bonds is 6. The normalized spacial score (nSPS) is 9.89. The second-order valence-corrected chi connectivity index (χ2v) is 3.89. The van der Waals surface area contributed by atoms with Gasteiger partial charge in [0.15, 0.2) is 0 Å². The summed E-state index contributed by atoms with van der Waals surface area (Å²) in [5, 5.41) is 27.4. The highest BCUT2D eigenvalue weighted by atomic mass is 16.5. The van der Waals surface area contributed by atoms with Gasteiger partial charge >= 0.3 is 0 Å². The van der Waals surface area contributed by atoms with E-state index in [0.29, 0.717) is 13.2 Å². The number of carbonyl (C=O) groups excluding carboxylic acids is 1. The lowest BCUT2D eigenvalue weighted by Crippen LogP contribution is -2.34. The van der Waals surface area contributed by atoms with Crippen LogP contribution in [0.3, 0.4) is 0 Å². The van der Waals surface area contributed by atoms with E-state index >= 15 is 0 Å². The number of carbonyl (C=O) groups is 1. The number of hydrogen-bond acceptors (Lipinski definition) is 5. The van der Waals surface area contributed by atoms with Gasteiger partial charge in [0.1, 0.15) is 11.5 Å². The predicted octanol–water partition coefficient (Wildman–Crippen LogP) is 1.10. The summed E-state index contributed by atoms with van der Waals surface area (Å²) in [4.78, 5) is 13.6. The van der Waals surface area contributed by atoms with Gasteiger partial charge in [0.2, 0.25) is 0 Å². The maximum absolute atomic E-state index is 12.2. The molecular formula is C13H16N2O4. The van der Waals surface area contributed by atoms with Gasteiger partial charge in [-0.2, -0.15) is 5.26 Å². The second-order valence-electron chi connectivity index (χ2n) is 3.89. The summed E-state index contributed by atoms with van der Waals surface area (Å²) in [5.41, 5.74) is 0.0897. The molecule has 0 atom stereocenters. The Morgan fingerprint density at radius 1 is 1.42 bits per heavy atom. The molecule has 0 bridgehead atoms. The van der Waals surface area contributed by atoms with E-state index in [-0.39, 0.29) is 30.0 Å². The van der Waals surface area contributed by atoms with Crippen LogP contribution >= 0.6 is 0 Å². The number of hydrogen-bond donors (Lipinski definition) is 2. The van der Waals surface area contributed by atoms with Crippen LogP contribution in [0, 0.1) is 11.3 Å². The molecule has 0 aliphatic heterocycles. The number of phenolic OH excluding ortho intramolecular Hbond substituents is 2. The van der Waals surface area contributed by atoms with Crippen LogP contribution in [-0.2, 0) is 4.74 Å². The zero-order chi connectivity index (χ0) is 14.3. The first-order valence-corrected chi connectivity index (χ1v) is 5.77. The SMILES string of the molecule is COCCN(CCC#N)C(=O)c1ccc(O)cc1O. The van der Waals surface area contributed by atoms with Crippen molar-refractivity contribution in [3.63, 3.8) is 0 Å². The summed E-state index contributed by atoms with van der Waals surface area (Å²) in [6.45, 7) is 0.937. The van der Waals surface area contributed by atoms with E-state index in [1.807, 2.05) is 6.07 Å². The van der Waals surface area contributed by atoms with Gasteiger partial charge in [-0.1, -0.05) is 0 Å². The molecule has 2 N–H and O–H groups in total. The van der Waals surface area contributed by atoms with Gasteiger partial charge in [-0.15, -0.1) is 0 Å². The first-order chi connectivity index (χ1) is 9.10. The van der Waals surface area contributed by atoms with E-state index in [0.717, 1.165) is 6.07 Å². The van der Waals surface area contributed by atoms with E-state index in [1.165, 1.54) is 24.1 Å². The van der Waals surface area contributed by atoms with Crippen LogP contribution in [-0.4, -0.2) is 47.8 Å². The molecule has 1 aromatic rings. The Balaban J connectivity index is 2.88. The fourth-order valence-electron chi connectivity index (χ4n) is 1.57. The maximum Gasteiger partial charge on any atom is 0.257 e. The van der Waals surface area contributed by atoms with E-state index in [4.69, 9.17) is 10.00 Å². The summed E-state index contributed by atoms with van der Waals surface area (Å²) in [5.74, 6) is -0.802. The third-order valence-corrected chi connectivity index (χ3v) is 2.56. The maximum atomic E-state index is 12.2. The Hall–Kier alpha value is -2.26. The number of nitrogens with zero attached hydrogens (tertiary/aromatic N) is 2. The molecule has 0 aliphatic rings. The van der Waals surface area contributed by atoms with Crippen LogP contribution in [0.1, 0.15) is 16.8 Å². The van der Waals surface area contributed by atoms with Gasteiger partial charge in [0.25, 0.3) is 5.91 Å². The van der Waals surface area contributed by atoms with Crippen molar-refractivity contribution in [2.24, 2.45) is 0 Å². The van der Waals surface area contributed by atoms with Crippen LogP contribution in [0.2, 0.25) is 0 Å². The van der Waals surface area contributed by atoms with Crippen molar-refractivity contribution in [2.75, 3.05) is 26.8 Å². The molecule has 0 saturated heterocycles. The first-order valence-electron chi connectivity index (χ1n) is 5.77. The molecule has 102 valence electrons. The molecule has 6 heteroatoms. The molecule has 19 heavy (non-hydrogen) atoms. The molecule has 0 spiro atoms. The minimum Gasteiger partial charge on any atom is -0.508 e. The third kappa shape index (κ3) is 4.16. The average molecular weight is 264 g/mol. The summed E-state index contributed by atoms with van der Waals surface area (Å²) >= 11 is 0. The van der Waals surface area contributed by atoms with Crippen molar-refractivity contribution in [1.29, 1.82) is 5.26 Å². The lowest BCUT2D eigenvalue weighted by molar-refractivity contribution is 0.0697. The highest BCUT2D eigenvalue weighted by molar-refractivity contribution is 5.97. The molecule has 1 aromatic carbocycles. The molecule has 0 aliphatic carbocycles. The van der Waals surface area contributed by atoms with E-state index < -0.39 is 5.91 Å². The van der Waals surface area contributed by atoms with Crippen molar-refractivity contribution in [1.82, 2.24) is 4.90 Å². The molecule has 6 nitrogen and oxygen atoms in total. The van der Waals surface area contributed by atoms with Crippen molar-refractivity contribution in [2.45, 2.75) is 6.42 Å². The zero-order valence-electron chi connectivity index (χ0n) is 10.7. The van der Waals surface area contributed by atoms with E-state index in [9.17, 15) is 15.0 Å². The van der Waals surface area contributed by atoms with Crippen LogP contribution in [0.5, 0.6) is 11.5 Å². The molecule has 1 rings (SSSR count). The van der Waals surface area contributed by atoms with Crippen molar-refractivity contribution < 1.29 is 19.7 Å².